The van der Waals surface area contributed by atoms with Crippen LogP contribution in [-0.2, 0) is 0 Å². The maximum atomic E-state index is 13.4. The van der Waals surface area contributed by atoms with Crippen molar-refractivity contribution in [2.75, 3.05) is 6.54 Å². The molecule has 112 valence electrons. The van der Waals surface area contributed by atoms with Crippen LogP contribution < -0.4 is 5.73 Å². The third kappa shape index (κ3) is 2.89. The van der Waals surface area contributed by atoms with Crippen molar-refractivity contribution in [2.45, 2.75) is 52.6 Å². The van der Waals surface area contributed by atoms with Crippen LogP contribution in [-0.4, -0.2) is 11.7 Å². The molecule has 0 bridgehead atoms. The fourth-order valence-corrected chi connectivity index (χ4v) is 3.21. The number of benzene rings is 1. The van der Waals surface area contributed by atoms with Crippen molar-refractivity contribution in [1.82, 2.24) is 0 Å². The quantitative estimate of drug-likeness (QED) is 0.886. The van der Waals surface area contributed by atoms with Crippen LogP contribution in [0.25, 0.3) is 0 Å². The maximum absolute atomic E-state index is 13.4. The molecule has 1 fully saturated rings. The molecule has 1 aliphatic carbocycles. The van der Waals surface area contributed by atoms with Crippen molar-refractivity contribution in [3.63, 3.8) is 0 Å². The highest BCUT2D eigenvalue weighted by Gasteiger charge is 2.43. The van der Waals surface area contributed by atoms with Crippen molar-refractivity contribution in [3.8, 4) is 0 Å². The molecule has 0 aromatic heterocycles. The van der Waals surface area contributed by atoms with Crippen LogP contribution in [0, 0.1) is 23.6 Å². The molecule has 3 N–H and O–H groups in total. The summed E-state index contributed by atoms with van der Waals surface area (Å²) in [4.78, 5) is 0. The number of hydrogen-bond acceptors (Lipinski definition) is 2. The summed E-state index contributed by atoms with van der Waals surface area (Å²) in [5.74, 6) is -0.229. The number of aliphatic hydroxyl groups is 1. The lowest BCUT2D eigenvalue weighted by atomic mass is 9.62. The third-order valence-corrected chi connectivity index (χ3v) is 5.08. The highest BCUT2D eigenvalue weighted by molar-refractivity contribution is 5.27. The number of hydrogen-bond donors (Lipinski definition) is 2. The lowest BCUT2D eigenvalue weighted by Gasteiger charge is -2.46. The minimum atomic E-state index is -0.608. The zero-order valence-corrected chi connectivity index (χ0v) is 12.7. The molecular formula is C17H26FNO. The molecule has 2 rings (SSSR count). The normalized spacial score (nSPS) is 22.5. The Balaban J connectivity index is 2.25. The Bertz CT molecular complexity index is 474. The Labute approximate surface area is 121 Å². The van der Waals surface area contributed by atoms with E-state index in [9.17, 15) is 9.50 Å². The van der Waals surface area contributed by atoms with Crippen LogP contribution in [0.1, 0.15) is 56.8 Å². The van der Waals surface area contributed by atoms with Gasteiger partial charge >= 0.3 is 0 Å². The average molecular weight is 279 g/mol. The molecule has 1 atom stereocenters. The second-order valence-electron chi connectivity index (χ2n) is 7.14. The highest BCUT2D eigenvalue weighted by atomic mass is 19.1. The van der Waals surface area contributed by atoms with Crippen molar-refractivity contribution < 1.29 is 9.50 Å². The van der Waals surface area contributed by atoms with Gasteiger partial charge in [0, 0.05) is 12.0 Å². The van der Waals surface area contributed by atoms with Crippen LogP contribution in [0.5, 0.6) is 0 Å². The summed E-state index contributed by atoms with van der Waals surface area (Å²) in [6, 6.07) is 4.87. The molecule has 1 aliphatic rings. The SMILES string of the molecule is Cc1cc(C(O)C2(CN)CCC(C)(C)CC2)ccc1F. The second-order valence-corrected chi connectivity index (χ2v) is 7.14. The number of aryl methyl sites for hydroxylation is 1. The standard InChI is InChI=1S/C17H26FNO/c1-12-10-13(4-5-14(12)18)15(20)17(11-19)8-6-16(2,3)7-9-17/h4-5,10,15,20H,6-9,11,19H2,1-3H3. The summed E-state index contributed by atoms with van der Waals surface area (Å²) in [6.07, 6.45) is 3.38. The van der Waals surface area contributed by atoms with Crippen molar-refractivity contribution >= 4 is 0 Å². The van der Waals surface area contributed by atoms with Gasteiger partial charge in [0.25, 0.3) is 0 Å². The Morgan fingerprint density at radius 2 is 1.85 bits per heavy atom. The van der Waals surface area contributed by atoms with Gasteiger partial charge in [-0.05, 0) is 55.2 Å². The molecule has 3 heteroatoms. The zero-order chi connectivity index (χ0) is 15.0. The topological polar surface area (TPSA) is 46.2 Å². The molecule has 1 unspecified atom stereocenters. The average Bonchev–Trinajstić information content (AvgIpc) is 2.42. The van der Waals surface area contributed by atoms with E-state index in [0.717, 1.165) is 31.2 Å². The fraction of sp³-hybridized carbons (Fsp3) is 0.647. The minimum absolute atomic E-state index is 0.229. The van der Waals surface area contributed by atoms with E-state index in [1.807, 2.05) is 0 Å². The predicted octanol–water partition coefficient (Wildman–Crippen LogP) is 3.71. The van der Waals surface area contributed by atoms with Crippen LogP contribution in [0.3, 0.4) is 0 Å². The van der Waals surface area contributed by atoms with Crippen molar-refractivity contribution in [2.24, 2.45) is 16.6 Å². The number of rotatable bonds is 3. The van der Waals surface area contributed by atoms with Gasteiger partial charge in [0.1, 0.15) is 5.82 Å². The molecule has 0 saturated heterocycles. The van der Waals surface area contributed by atoms with Gasteiger partial charge in [-0.15, -0.1) is 0 Å². The monoisotopic (exact) mass is 279 g/mol. The van der Waals surface area contributed by atoms with Crippen LogP contribution in [0.4, 0.5) is 4.39 Å². The van der Waals surface area contributed by atoms with Gasteiger partial charge in [-0.25, -0.2) is 4.39 Å². The Kier molecular flexibility index (Phi) is 4.22. The molecule has 1 saturated carbocycles. The van der Waals surface area contributed by atoms with Gasteiger partial charge in [0.2, 0.25) is 0 Å². The molecule has 0 spiro atoms. The summed E-state index contributed by atoms with van der Waals surface area (Å²) in [5, 5.41) is 10.8. The lowest BCUT2D eigenvalue weighted by Crippen LogP contribution is -2.41. The first-order chi connectivity index (χ1) is 9.30. The minimum Gasteiger partial charge on any atom is -0.388 e. The maximum Gasteiger partial charge on any atom is 0.126 e. The predicted molar refractivity (Wildman–Crippen MR) is 79.8 cm³/mol. The lowest BCUT2D eigenvalue weighted by molar-refractivity contribution is -0.0236. The first-order valence-electron chi connectivity index (χ1n) is 7.44. The van der Waals surface area contributed by atoms with Gasteiger partial charge in [-0.2, -0.15) is 0 Å². The van der Waals surface area contributed by atoms with Crippen molar-refractivity contribution in [1.29, 1.82) is 0 Å². The first-order valence-corrected chi connectivity index (χ1v) is 7.44. The van der Waals surface area contributed by atoms with Gasteiger partial charge in [-0.1, -0.05) is 26.0 Å². The van der Waals surface area contributed by atoms with Crippen LogP contribution >= 0.6 is 0 Å². The third-order valence-electron chi connectivity index (χ3n) is 5.08. The van der Waals surface area contributed by atoms with E-state index < -0.39 is 6.10 Å². The summed E-state index contributed by atoms with van der Waals surface area (Å²) in [7, 11) is 0. The zero-order valence-electron chi connectivity index (χ0n) is 12.7. The van der Waals surface area contributed by atoms with Crippen molar-refractivity contribution in [3.05, 3.63) is 35.1 Å². The Morgan fingerprint density at radius 3 is 2.35 bits per heavy atom. The summed E-state index contributed by atoms with van der Waals surface area (Å²) >= 11 is 0. The van der Waals surface area contributed by atoms with Gasteiger partial charge in [-0.3, -0.25) is 0 Å². The molecule has 0 amide bonds. The first kappa shape index (κ1) is 15.5. The molecular weight excluding hydrogens is 253 g/mol. The van der Waals surface area contributed by atoms with E-state index in [2.05, 4.69) is 13.8 Å². The molecule has 0 aliphatic heterocycles. The van der Waals surface area contributed by atoms with E-state index in [1.165, 1.54) is 6.07 Å². The second kappa shape index (κ2) is 5.45. The van der Waals surface area contributed by atoms with Crippen LogP contribution in [0.15, 0.2) is 18.2 Å². The van der Waals surface area contributed by atoms with Gasteiger partial charge in [0.05, 0.1) is 6.10 Å². The van der Waals surface area contributed by atoms with Crippen LogP contribution in [0.2, 0.25) is 0 Å². The summed E-state index contributed by atoms with van der Waals surface area (Å²) in [5.41, 5.74) is 7.43. The number of aliphatic hydroxyl groups excluding tert-OH is 1. The Hall–Kier alpha value is -0.930. The smallest absolute Gasteiger partial charge is 0.126 e. The molecule has 1 aromatic rings. The molecule has 0 radical (unpaired) electrons. The molecule has 20 heavy (non-hydrogen) atoms. The fourth-order valence-electron chi connectivity index (χ4n) is 3.21. The summed E-state index contributed by atoms with van der Waals surface area (Å²) < 4.78 is 13.4. The number of nitrogens with two attached hydrogens (primary N) is 1. The van der Waals surface area contributed by atoms with E-state index in [4.69, 9.17) is 5.73 Å². The van der Waals surface area contributed by atoms with E-state index in [-0.39, 0.29) is 11.2 Å². The van der Waals surface area contributed by atoms with E-state index in [0.29, 0.717) is 17.5 Å². The largest absolute Gasteiger partial charge is 0.388 e. The molecule has 2 nitrogen and oxygen atoms in total. The summed E-state index contributed by atoms with van der Waals surface area (Å²) in [6.45, 7) is 6.73. The van der Waals surface area contributed by atoms with Gasteiger partial charge in [0.15, 0.2) is 0 Å². The van der Waals surface area contributed by atoms with Gasteiger partial charge < -0.3 is 10.8 Å². The molecule has 1 aromatic carbocycles. The highest BCUT2D eigenvalue weighted by Crippen LogP contribution is 2.50. The Morgan fingerprint density at radius 1 is 1.25 bits per heavy atom. The molecule has 0 heterocycles. The van der Waals surface area contributed by atoms with E-state index in [1.54, 1.807) is 19.1 Å². The van der Waals surface area contributed by atoms with E-state index >= 15 is 0 Å². The number of halogens is 1.